The van der Waals surface area contributed by atoms with Gasteiger partial charge in [-0.1, -0.05) is 19.3 Å². The molecule has 1 aromatic rings. The highest BCUT2D eigenvalue weighted by atomic mass is 19.1. The van der Waals surface area contributed by atoms with Gasteiger partial charge in [0, 0.05) is 11.1 Å². The lowest BCUT2D eigenvalue weighted by Crippen LogP contribution is -2.39. The molecule has 0 unspecified atom stereocenters. The molecule has 0 aromatic heterocycles. The van der Waals surface area contributed by atoms with Gasteiger partial charge in [0.15, 0.2) is 11.5 Å². The van der Waals surface area contributed by atoms with Crippen LogP contribution in [0.15, 0.2) is 12.1 Å². The molecule has 0 amide bonds. The summed E-state index contributed by atoms with van der Waals surface area (Å²) in [7, 11) is 3.16. The number of nitrogens with two attached hydrogens (primary N) is 1. The zero-order chi connectivity index (χ0) is 13.9. The predicted octanol–water partition coefficient (Wildman–Crippen LogP) is 3.29. The Morgan fingerprint density at radius 2 is 1.84 bits per heavy atom. The van der Waals surface area contributed by atoms with Gasteiger partial charge >= 0.3 is 0 Å². The van der Waals surface area contributed by atoms with E-state index in [4.69, 9.17) is 15.2 Å². The average Bonchev–Trinajstić information content (AvgIpc) is 2.46. The maximum absolute atomic E-state index is 13.0. The summed E-state index contributed by atoms with van der Waals surface area (Å²) in [5.41, 5.74) is 7.58. The smallest absolute Gasteiger partial charge is 0.165 e. The maximum Gasteiger partial charge on any atom is 0.165 e. The van der Waals surface area contributed by atoms with Gasteiger partial charge in [-0.3, -0.25) is 0 Å². The quantitative estimate of drug-likeness (QED) is 0.910. The van der Waals surface area contributed by atoms with Crippen LogP contribution in [0.25, 0.3) is 0 Å². The third-order valence-corrected chi connectivity index (χ3v) is 3.98. The number of ether oxygens (including phenoxy) is 2. The van der Waals surface area contributed by atoms with Crippen molar-refractivity contribution in [1.29, 1.82) is 0 Å². The molecular formula is C15H22FNO2. The first-order chi connectivity index (χ1) is 9.14. The van der Waals surface area contributed by atoms with Gasteiger partial charge in [-0.15, -0.1) is 0 Å². The van der Waals surface area contributed by atoms with E-state index in [1.807, 2.05) is 6.07 Å². The van der Waals surface area contributed by atoms with Crippen LogP contribution >= 0.6 is 0 Å². The zero-order valence-corrected chi connectivity index (χ0v) is 11.7. The highest BCUT2D eigenvalue weighted by Crippen LogP contribution is 2.43. The lowest BCUT2D eigenvalue weighted by molar-refractivity contribution is 0.281. The van der Waals surface area contributed by atoms with Crippen LogP contribution in [0.5, 0.6) is 11.5 Å². The largest absolute Gasteiger partial charge is 0.493 e. The minimum atomic E-state index is -0.524. The topological polar surface area (TPSA) is 44.5 Å². The van der Waals surface area contributed by atoms with E-state index < -0.39 is 12.2 Å². The third kappa shape index (κ3) is 2.68. The Balaban J connectivity index is 2.52. The van der Waals surface area contributed by atoms with Gasteiger partial charge in [0.05, 0.1) is 14.2 Å². The molecule has 1 aliphatic rings. The van der Waals surface area contributed by atoms with Gasteiger partial charge in [-0.25, -0.2) is 4.39 Å². The van der Waals surface area contributed by atoms with Crippen LogP contribution in [0.1, 0.15) is 43.2 Å². The number of hydrogen-bond acceptors (Lipinski definition) is 3. The first kappa shape index (κ1) is 14.1. The highest BCUT2D eigenvalue weighted by molar-refractivity contribution is 5.52. The van der Waals surface area contributed by atoms with Gasteiger partial charge in [0.25, 0.3) is 0 Å². The molecule has 19 heavy (non-hydrogen) atoms. The molecule has 0 spiro atoms. The van der Waals surface area contributed by atoms with Crippen molar-refractivity contribution in [2.45, 2.75) is 44.3 Å². The first-order valence-corrected chi connectivity index (χ1v) is 6.75. The van der Waals surface area contributed by atoms with Crippen molar-refractivity contribution in [2.75, 3.05) is 14.2 Å². The van der Waals surface area contributed by atoms with E-state index >= 15 is 0 Å². The van der Waals surface area contributed by atoms with Crippen molar-refractivity contribution < 1.29 is 13.9 Å². The fraction of sp³-hybridized carbons (Fsp3) is 0.600. The van der Waals surface area contributed by atoms with E-state index in [2.05, 4.69) is 0 Å². The second kappa shape index (κ2) is 5.78. The summed E-state index contributed by atoms with van der Waals surface area (Å²) >= 11 is 0. The summed E-state index contributed by atoms with van der Waals surface area (Å²) in [6, 6.07) is 3.50. The second-order valence-corrected chi connectivity index (χ2v) is 5.23. The number of halogens is 1. The summed E-state index contributed by atoms with van der Waals surface area (Å²) in [4.78, 5) is 0. The summed E-state index contributed by atoms with van der Waals surface area (Å²) in [5, 5.41) is 0. The molecule has 2 rings (SSSR count). The zero-order valence-electron chi connectivity index (χ0n) is 11.7. The number of rotatable bonds is 4. The minimum Gasteiger partial charge on any atom is -0.493 e. The van der Waals surface area contributed by atoms with E-state index in [-0.39, 0.29) is 0 Å². The fourth-order valence-electron chi connectivity index (χ4n) is 2.92. The number of benzene rings is 1. The summed E-state index contributed by atoms with van der Waals surface area (Å²) in [6.45, 7) is -0.524. The van der Waals surface area contributed by atoms with E-state index in [9.17, 15) is 4.39 Å². The Labute approximate surface area is 113 Å². The summed E-state index contributed by atoms with van der Waals surface area (Å²) in [6.07, 6.45) is 5.22. The van der Waals surface area contributed by atoms with Crippen molar-refractivity contribution in [3.63, 3.8) is 0 Å². The molecule has 3 nitrogen and oxygen atoms in total. The van der Waals surface area contributed by atoms with Gasteiger partial charge in [0.2, 0.25) is 0 Å². The first-order valence-electron chi connectivity index (χ1n) is 6.75. The molecule has 2 N–H and O–H groups in total. The second-order valence-electron chi connectivity index (χ2n) is 5.23. The van der Waals surface area contributed by atoms with E-state index in [0.29, 0.717) is 17.1 Å². The highest BCUT2D eigenvalue weighted by Gasteiger charge is 2.33. The number of methoxy groups -OCH3 is 2. The Morgan fingerprint density at radius 3 is 2.37 bits per heavy atom. The van der Waals surface area contributed by atoms with Gasteiger partial charge < -0.3 is 15.2 Å². The van der Waals surface area contributed by atoms with Gasteiger partial charge in [-0.2, -0.15) is 0 Å². The normalized spacial score (nSPS) is 18.1. The minimum absolute atomic E-state index is 0.429. The van der Waals surface area contributed by atoms with Crippen LogP contribution < -0.4 is 15.2 Å². The molecular weight excluding hydrogens is 245 g/mol. The van der Waals surface area contributed by atoms with Crippen LogP contribution in [0.3, 0.4) is 0 Å². The standard InChI is InChI=1S/C15H22FNO2/c1-18-13-9-11(10-16)8-12(14(13)19-2)15(17)6-4-3-5-7-15/h8-9H,3-7,10,17H2,1-2H3. The molecule has 1 saturated carbocycles. The predicted molar refractivity (Wildman–Crippen MR) is 73.3 cm³/mol. The van der Waals surface area contributed by atoms with E-state index in [0.717, 1.165) is 31.2 Å². The number of alkyl halides is 1. The fourth-order valence-corrected chi connectivity index (χ4v) is 2.92. The van der Waals surface area contributed by atoms with Crippen molar-refractivity contribution in [1.82, 2.24) is 0 Å². The van der Waals surface area contributed by atoms with Crippen molar-refractivity contribution in [3.8, 4) is 11.5 Å². The molecule has 0 aliphatic heterocycles. The maximum atomic E-state index is 13.0. The molecule has 0 heterocycles. The lowest BCUT2D eigenvalue weighted by atomic mass is 9.76. The SMILES string of the molecule is COc1cc(CF)cc(C2(N)CCCCC2)c1OC. The van der Waals surface area contributed by atoms with Crippen LogP contribution in [0, 0.1) is 0 Å². The van der Waals surface area contributed by atoms with Crippen molar-refractivity contribution in [3.05, 3.63) is 23.3 Å². The molecule has 1 fully saturated rings. The Morgan fingerprint density at radius 1 is 1.16 bits per heavy atom. The molecule has 0 bridgehead atoms. The Hall–Kier alpha value is -1.29. The molecule has 0 atom stereocenters. The molecule has 1 aliphatic carbocycles. The van der Waals surface area contributed by atoms with E-state index in [1.165, 1.54) is 6.42 Å². The van der Waals surface area contributed by atoms with Crippen LogP contribution in [-0.4, -0.2) is 14.2 Å². The van der Waals surface area contributed by atoms with Gasteiger partial charge in [-0.05, 0) is 30.5 Å². The average molecular weight is 267 g/mol. The van der Waals surface area contributed by atoms with Crippen LogP contribution in [0.4, 0.5) is 4.39 Å². The summed E-state index contributed by atoms with van der Waals surface area (Å²) in [5.74, 6) is 1.20. The molecule has 0 radical (unpaired) electrons. The number of hydrogen-bond donors (Lipinski definition) is 1. The Kier molecular flexibility index (Phi) is 4.30. The Bertz CT molecular complexity index is 442. The van der Waals surface area contributed by atoms with Crippen LogP contribution in [0.2, 0.25) is 0 Å². The summed E-state index contributed by atoms with van der Waals surface area (Å²) < 4.78 is 23.8. The van der Waals surface area contributed by atoms with Gasteiger partial charge in [0.1, 0.15) is 6.67 Å². The molecule has 4 heteroatoms. The molecule has 106 valence electrons. The van der Waals surface area contributed by atoms with Crippen LogP contribution in [-0.2, 0) is 12.2 Å². The third-order valence-electron chi connectivity index (χ3n) is 3.98. The lowest BCUT2D eigenvalue weighted by Gasteiger charge is -2.35. The molecule has 1 aromatic carbocycles. The van der Waals surface area contributed by atoms with Crippen molar-refractivity contribution >= 4 is 0 Å². The monoisotopic (exact) mass is 267 g/mol. The van der Waals surface area contributed by atoms with E-state index in [1.54, 1.807) is 20.3 Å². The van der Waals surface area contributed by atoms with Crippen molar-refractivity contribution in [2.24, 2.45) is 5.73 Å². The molecule has 0 saturated heterocycles.